The van der Waals surface area contributed by atoms with Crippen LogP contribution in [0.25, 0.3) is 0 Å². The van der Waals surface area contributed by atoms with Gasteiger partial charge in [0.25, 0.3) is 0 Å². The highest BCUT2D eigenvalue weighted by molar-refractivity contribution is 5.99. The third kappa shape index (κ3) is 3.06. The fourth-order valence-electron chi connectivity index (χ4n) is 4.87. The highest BCUT2D eigenvalue weighted by atomic mass is 16.3. The van der Waals surface area contributed by atoms with Crippen molar-refractivity contribution in [1.82, 2.24) is 0 Å². The Morgan fingerprint density at radius 1 is 1.35 bits per heavy atom. The number of rotatable bonds is 4. The first-order chi connectivity index (χ1) is 10.4. The van der Waals surface area contributed by atoms with Gasteiger partial charge in [0.2, 0.25) is 0 Å². The maximum absolute atomic E-state index is 12.6. The van der Waals surface area contributed by atoms with E-state index >= 15 is 0 Å². The Hall–Kier alpha value is -0.930. The molecule has 0 saturated heterocycles. The quantitative estimate of drug-likeness (QED) is 0.775. The molecule has 130 valence electrons. The molecule has 0 aromatic carbocycles. The molecule has 0 aromatic heterocycles. The van der Waals surface area contributed by atoms with Gasteiger partial charge in [0.1, 0.15) is 5.60 Å². The van der Waals surface area contributed by atoms with E-state index in [2.05, 4.69) is 27.4 Å². The van der Waals surface area contributed by atoms with Crippen LogP contribution >= 0.6 is 0 Å². The van der Waals surface area contributed by atoms with Gasteiger partial charge in [0.15, 0.2) is 5.78 Å². The largest absolute Gasteiger partial charge is 0.386 e. The zero-order valence-electron chi connectivity index (χ0n) is 15.3. The topological polar surface area (TPSA) is 57.5 Å². The zero-order valence-corrected chi connectivity index (χ0v) is 15.3. The fourth-order valence-corrected chi connectivity index (χ4v) is 4.87. The van der Waals surface area contributed by atoms with Crippen LogP contribution in [0.1, 0.15) is 66.7 Å². The third-order valence-electron chi connectivity index (χ3n) is 6.44. The number of carbonyl (C=O) groups is 1. The molecule has 3 heteroatoms. The maximum atomic E-state index is 12.6. The lowest BCUT2D eigenvalue weighted by Gasteiger charge is -2.56. The summed E-state index contributed by atoms with van der Waals surface area (Å²) in [4.78, 5) is 12.6. The number of fused-ring (bicyclic) bond motifs is 1. The Morgan fingerprint density at radius 3 is 2.52 bits per heavy atom. The lowest BCUT2D eigenvalue weighted by Crippen LogP contribution is -2.56. The van der Waals surface area contributed by atoms with Crippen molar-refractivity contribution in [1.29, 1.82) is 0 Å². The molecular weight excluding hydrogens is 288 g/mol. The Balaban J connectivity index is 2.44. The second-order valence-corrected chi connectivity index (χ2v) is 8.88. The second kappa shape index (κ2) is 5.56. The molecule has 0 unspecified atom stereocenters. The first-order valence-corrected chi connectivity index (χ1v) is 8.72. The molecule has 2 aliphatic carbocycles. The van der Waals surface area contributed by atoms with Crippen LogP contribution < -0.4 is 0 Å². The first kappa shape index (κ1) is 18.4. The molecule has 2 rings (SSSR count). The molecule has 2 N–H and O–H groups in total. The van der Waals surface area contributed by atoms with E-state index in [0.29, 0.717) is 12.8 Å². The Bertz CT molecular complexity index is 539. The summed E-state index contributed by atoms with van der Waals surface area (Å²) in [6.07, 6.45) is 7.49. The summed E-state index contributed by atoms with van der Waals surface area (Å²) >= 11 is 0. The van der Waals surface area contributed by atoms with Gasteiger partial charge < -0.3 is 10.2 Å². The van der Waals surface area contributed by atoms with E-state index in [1.165, 1.54) is 11.6 Å². The molecule has 3 nitrogen and oxygen atoms in total. The predicted molar refractivity (Wildman–Crippen MR) is 93.0 cm³/mol. The van der Waals surface area contributed by atoms with E-state index in [-0.39, 0.29) is 22.5 Å². The van der Waals surface area contributed by atoms with Crippen molar-refractivity contribution < 1.29 is 15.0 Å². The summed E-state index contributed by atoms with van der Waals surface area (Å²) in [7, 11) is 0. The van der Waals surface area contributed by atoms with Crippen molar-refractivity contribution in [3.63, 3.8) is 0 Å². The van der Waals surface area contributed by atoms with Gasteiger partial charge in [-0.25, -0.2) is 0 Å². The number of hydrogen-bond acceptors (Lipinski definition) is 3. The zero-order chi connectivity index (χ0) is 17.7. The summed E-state index contributed by atoms with van der Waals surface area (Å²) in [6.45, 7) is 13.6. The van der Waals surface area contributed by atoms with Crippen LogP contribution in [-0.2, 0) is 4.79 Å². The summed E-state index contributed by atoms with van der Waals surface area (Å²) < 4.78 is 0. The molecular formula is C20H32O3. The molecule has 23 heavy (non-hydrogen) atoms. The lowest BCUT2D eigenvalue weighted by molar-refractivity contribution is -0.147. The monoisotopic (exact) mass is 320 g/mol. The Kier molecular flexibility index (Phi) is 4.45. The van der Waals surface area contributed by atoms with Gasteiger partial charge in [-0.05, 0) is 56.4 Å². The molecule has 0 aliphatic heterocycles. The minimum Gasteiger partial charge on any atom is -0.386 e. The molecule has 0 aromatic rings. The van der Waals surface area contributed by atoms with Gasteiger partial charge in [0, 0.05) is 5.92 Å². The van der Waals surface area contributed by atoms with Crippen molar-refractivity contribution >= 4 is 5.78 Å². The SMILES string of the molecule is C=C[C@](C)(O)CC[C@@H]1[C@@]2(C)CCCC(C)(C)C2=CC(=O)[C@@]1(C)O. The fraction of sp³-hybridized carbons (Fsp3) is 0.750. The van der Waals surface area contributed by atoms with Gasteiger partial charge in [-0.15, -0.1) is 6.58 Å². The third-order valence-corrected chi connectivity index (χ3v) is 6.44. The van der Waals surface area contributed by atoms with E-state index < -0.39 is 11.2 Å². The van der Waals surface area contributed by atoms with Gasteiger partial charge in [-0.2, -0.15) is 0 Å². The Labute approximate surface area is 140 Å². The van der Waals surface area contributed by atoms with Crippen LogP contribution in [-0.4, -0.2) is 27.2 Å². The van der Waals surface area contributed by atoms with Crippen LogP contribution in [0.4, 0.5) is 0 Å². The van der Waals surface area contributed by atoms with Crippen molar-refractivity contribution in [2.45, 2.75) is 77.9 Å². The predicted octanol–water partition coefficient (Wildman–Crippen LogP) is 3.80. The molecule has 0 bridgehead atoms. The Morgan fingerprint density at radius 2 is 1.96 bits per heavy atom. The molecule has 0 amide bonds. The molecule has 1 fully saturated rings. The minimum absolute atomic E-state index is 0.0155. The minimum atomic E-state index is -1.37. The van der Waals surface area contributed by atoms with Crippen molar-refractivity contribution in [3.8, 4) is 0 Å². The van der Waals surface area contributed by atoms with E-state index in [0.717, 1.165) is 19.3 Å². The average molecular weight is 320 g/mol. The summed E-state index contributed by atoms with van der Waals surface area (Å²) in [5.41, 5.74) is -1.38. The van der Waals surface area contributed by atoms with Gasteiger partial charge in [-0.3, -0.25) is 4.79 Å². The van der Waals surface area contributed by atoms with Gasteiger partial charge in [-0.1, -0.05) is 38.8 Å². The van der Waals surface area contributed by atoms with Crippen LogP contribution in [0, 0.1) is 16.7 Å². The number of ketones is 1. The molecule has 1 saturated carbocycles. The molecule has 4 atom stereocenters. The number of hydrogen-bond donors (Lipinski definition) is 2. The number of allylic oxidation sites excluding steroid dienone is 1. The van der Waals surface area contributed by atoms with Gasteiger partial charge >= 0.3 is 0 Å². The number of carbonyl (C=O) groups excluding carboxylic acids is 1. The van der Waals surface area contributed by atoms with Crippen LogP contribution in [0.3, 0.4) is 0 Å². The summed E-state index contributed by atoms with van der Waals surface area (Å²) in [5, 5.41) is 21.2. The van der Waals surface area contributed by atoms with Gasteiger partial charge in [0.05, 0.1) is 5.60 Å². The molecule has 0 spiro atoms. The maximum Gasteiger partial charge on any atom is 0.187 e. The summed E-state index contributed by atoms with van der Waals surface area (Å²) in [5.74, 6) is -0.378. The highest BCUT2D eigenvalue weighted by Crippen LogP contribution is 2.60. The van der Waals surface area contributed by atoms with Crippen molar-refractivity contribution in [3.05, 3.63) is 24.3 Å². The van der Waals surface area contributed by atoms with Crippen LogP contribution in [0.2, 0.25) is 0 Å². The van der Waals surface area contributed by atoms with E-state index in [9.17, 15) is 15.0 Å². The average Bonchev–Trinajstić information content (AvgIpc) is 2.41. The molecule has 0 heterocycles. The van der Waals surface area contributed by atoms with Crippen molar-refractivity contribution in [2.24, 2.45) is 16.7 Å². The van der Waals surface area contributed by atoms with Crippen LogP contribution in [0.15, 0.2) is 24.3 Å². The van der Waals surface area contributed by atoms with Crippen LogP contribution in [0.5, 0.6) is 0 Å². The number of aliphatic hydroxyl groups is 2. The molecule has 0 radical (unpaired) electrons. The second-order valence-electron chi connectivity index (χ2n) is 8.88. The first-order valence-electron chi connectivity index (χ1n) is 8.72. The van der Waals surface area contributed by atoms with E-state index in [1.54, 1.807) is 19.9 Å². The van der Waals surface area contributed by atoms with E-state index in [1.807, 2.05) is 0 Å². The standard InChI is InChI=1S/C20H32O3/c1-7-18(4,22)12-9-14-19(5)11-8-10-17(2,3)15(19)13-16(21)20(14,6)23/h7,13-14,22-23H,1,8-12H2,2-6H3/t14-,18+,19-,20+/m1/s1. The molecule has 2 aliphatic rings. The van der Waals surface area contributed by atoms with Crippen molar-refractivity contribution in [2.75, 3.05) is 0 Å². The summed E-state index contributed by atoms with van der Waals surface area (Å²) in [6, 6.07) is 0. The van der Waals surface area contributed by atoms with E-state index in [4.69, 9.17) is 0 Å². The normalized spacial score (nSPS) is 39.2. The lowest BCUT2D eigenvalue weighted by atomic mass is 9.49. The smallest absolute Gasteiger partial charge is 0.187 e. The highest BCUT2D eigenvalue weighted by Gasteiger charge is 2.57.